The molecule has 0 radical (unpaired) electrons. The summed E-state index contributed by atoms with van der Waals surface area (Å²) >= 11 is 7.23. The quantitative estimate of drug-likeness (QED) is 0.732. The van der Waals surface area contributed by atoms with Crippen LogP contribution < -0.4 is 0 Å². The lowest BCUT2D eigenvalue weighted by atomic mass is 10.1. The Bertz CT molecular complexity index is 433. The zero-order valence-electron chi connectivity index (χ0n) is 8.53. The highest BCUT2D eigenvalue weighted by molar-refractivity contribution is 7.09. The third kappa shape index (κ3) is 2.39. The van der Waals surface area contributed by atoms with E-state index in [1.54, 1.807) is 0 Å². The van der Waals surface area contributed by atoms with Crippen molar-refractivity contribution in [3.05, 3.63) is 41.6 Å². The Morgan fingerprint density at radius 1 is 1.27 bits per heavy atom. The van der Waals surface area contributed by atoms with E-state index in [0.717, 1.165) is 12.1 Å². The van der Waals surface area contributed by atoms with Gasteiger partial charge < -0.3 is 0 Å². The van der Waals surface area contributed by atoms with Gasteiger partial charge in [-0.25, -0.2) is 0 Å². The van der Waals surface area contributed by atoms with E-state index in [1.165, 1.54) is 27.5 Å². The van der Waals surface area contributed by atoms with Crippen LogP contribution in [0.25, 0.3) is 10.4 Å². The maximum Gasteiger partial charge on any atom is 0.0696 e. The van der Waals surface area contributed by atoms with E-state index < -0.39 is 0 Å². The highest BCUT2D eigenvalue weighted by atomic mass is 35.5. The SMILES string of the molecule is CCc1ccc(-c2cc(CCl)ns2)cc1. The third-order valence-corrected chi connectivity index (χ3v) is 3.49. The van der Waals surface area contributed by atoms with Gasteiger partial charge in [-0.3, -0.25) is 0 Å². The van der Waals surface area contributed by atoms with E-state index in [-0.39, 0.29) is 0 Å². The van der Waals surface area contributed by atoms with Crippen molar-refractivity contribution >= 4 is 23.1 Å². The van der Waals surface area contributed by atoms with Gasteiger partial charge in [-0.2, -0.15) is 4.37 Å². The zero-order valence-corrected chi connectivity index (χ0v) is 10.1. The van der Waals surface area contributed by atoms with Gasteiger partial charge in [-0.05, 0) is 35.1 Å². The zero-order chi connectivity index (χ0) is 10.7. The van der Waals surface area contributed by atoms with Crippen molar-refractivity contribution in [2.75, 3.05) is 0 Å². The molecule has 0 fully saturated rings. The molecule has 1 nitrogen and oxygen atoms in total. The Labute approximate surface area is 98.9 Å². The second kappa shape index (κ2) is 4.77. The summed E-state index contributed by atoms with van der Waals surface area (Å²) in [4.78, 5) is 1.19. The molecular weight excluding hydrogens is 226 g/mol. The predicted molar refractivity (Wildman–Crippen MR) is 66.5 cm³/mol. The highest BCUT2D eigenvalue weighted by Gasteiger charge is 2.03. The molecule has 0 saturated carbocycles. The minimum Gasteiger partial charge on any atom is -0.196 e. The lowest BCUT2D eigenvalue weighted by Gasteiger charge is -1.98. The smallest absolute Gasteiger partial charge is 0.0696 e. The van der Waals surface area contributed by atoms with Crippen molar-refractivity contribution in [2.24, 2.45) is 0 Å². The largest absolute Gasteiger partial charge is 0.196 e. The van der Waals surface area contributed by atoms with Crippen molar-refractivity contribution in [1.29, 1.82) is 0 Å². The first-order valence-corrected chi connectivity index (χ1v) is 6.25. The first-order valence-electron chi connectivity index (χ1n) is 4.94. The molecule has 2 aromatic rings. The number of aryl methyl sites for hydroxylation is 1. The van der Waals surface area contributed by atoms with Gasteiger partial charge in [0.15, 0.2) is 0 Å². The van der Waals surface area contributed by atoms with E-state index in [9.17, 15) is 0 Å². The number of aromatic nitrogens is 1. The molecule has 0 N–H and O–H groups in total. The Hall–Kier alpha value is -0.860. The van der Waals surface area contributed by atoms with Gasteiger partial charge in [0.2, 0.25) is 0 Å². The summed E-state index contributed by atoms with van der Waals surface area (Å²) in [5.74, 6) is 0.490. The number of nitrogens with zero attached hydrogens (tertiary/aromatic N) is 1. The van der Waals surface area contributed by atoms with E-state index >= 15 is 0 Å². The highest BCUT2D eigenvalue weighted by Crippen LogP contribution is 2.25. The summed E-state index contributed by atoms with van der Waals surface area (Å²) in [5.41, 5.74) is 3.54. The van der Waals surface area contributed by atoms with Crippen molar-refractivity contribution in [1.82, 2.24) is 4.37 Å². The predicted octanol–water partition coefficient (Wildman–Crippen LogP) is 4.11. The molecule has 3 heteroatoms. The minimum absolute atomic E-state index is 0.490. The van der Waals surface area contributed by atoms with Crippen molar-refractivity contribution in [3.63, 3.8) is 0 Å². The van der Waals surface area contributed by atoms with Gasteiger partial charge in [0.1, 0.15) is 0 Å². The molecule has 78 valence electrons. The number of hydrogen-bond acceptors (Lipinski definition) is 2. The lowest BCUT2D eigenvalue weighted by Crippen LogP contribution is -1.79. The molecule has 0 saturated heterocycles. The number of hydrogen-bond donors (Lipinski definition) is 0. The Balaban J connectivity index is 2.28. The van der Waals surface area contributed by atoms with Crippen molar-refractivity contribution in [2.45, 2.75) is 19.2 Å². The molecule has 0 atom stereocenters. The molecule has 15 heavy (non-hydrogen) atoms. The molecule has 2 rings (SSSR count). The van der Waals surface area contributed by atoms with Crippen molar-refractivity contribution < 1.29 is 0 Å². The van der Waals surface area contributed by atoms with Crippen LogP contribution in [0.5, 0.6) is 0 Å². The summed E-state index contributed by atoms with van der Waals surface area (Å²) in [6, 6.07) is 10.7. The molecule has 0 spiro atoms. The second-order valence-corrected chi connectivity index (χ2v) is 4.44. The molecule has 0 amide bonds. The van der Waals surface area contributed by atoms with Crippen LogP contribution in [0.4, 0.5) is 0 Å². The fourth-order valence-corrected chi connectivity index (χ4v) is 2.39. The minimum atomic E-state index is 0.490. The first-order chi connectivity index (χ1) is 7.33. The Morgan fingerprint density at radius 3 is 2.53 bits per heavy atom. The summed E-state index contributed by atoms with van der Waals surface area (Å²) in [5, 5.41) is 0. The van der Waals surface area contributed by atoms with Gasteiger partial charge in [-0.1, -0.05) is 31.2 Å². The van der Waals surface area contributed by atoms with Gasteiger partial charge in [0.05, 0.1) is 16.5 Å². The van der Waals surface area contributed by atoms with E-state index in [1.807, 2.05) is 0 Å². The van der Waals surface area contributed by atoms with Gasteiger partial charge >= 0.3 is 0 Å². The molecule has 0 aliphatic heterocycles. The Morgan fingerprint density at radius 2 is 2.00 bits per heavy atom. The molecule has 1 aromatic carbocycles. The first kappa shape index (κ1) is 10.7. The third-order valence-electron chi connectivity index (χ3n) is 2.34. The van der Waals surface area contributed by atoms with E-state index in [4.69, 9.17) is 11.6 Å². The fourth-order valence-electron chi connectivity index (χ4n) is 1.42. The Kier molecular flexibility index (Phi) is 3.39. The molecule has 0 aliphatic carbocycles. The monoisotopic (exact) mass is 237 g/mol. The number of alkyl halides is 1. The molecule has 1 aromatic heterocycles. The molecule has 0 bridgehead atoms. The van der Waals surface area contributed by atoms with Crippen LogP contribution in [-0.2, 0) is 12.3 Å². The van der Waals surface area contributed by atoms with Crippen LogP contribution in [0.1, 0.15) is 18.2 Å². The van der Waals surface area contributed by atoms with Crippen LogP contribution in [-0.4, -0.2) is 4.37 Å². The summed E-state index contributed by atoms with van der Waals surface area (Å²) in [7, 11) is 0. The normalized spacial score (nSPS) is 10.5. The topological polar surface area (TPSA) is 12.9 Å². The molecule has 0 unspecified atom stereocenters. The molecular formula is C12H12ClNS. The van der Waals surface area contributed by atoms with Gasteiger partial charge in [0.25, 0.3) is 0 Å². The number of halogens is 1. The molecule has 1 heterocycles. The average Bonchev–Trinajstić information content (AvgIpc) is 2.78. The van der Waals surface area contributed by atoms with E-state index in [2.05, 4.69) is 41.6 Å². The fraction of sp³-hybridized carbons (Fsp3) is 0.250. The van der Waals surface area contributed by atoms with Crippen LogP contribution >= 0.6 is 23.1 Å². The average molecular weight is 238 g/mol. The van der Waals surface area contributed by atoms with Crippen molar-refractivity contribution in [3.8, 4) is 10.4 Å². The maximum absolute atomic E-state index is 5.72. The summed E-state index contributed by atoms with van der Waals surface area (Å²) < 4.78 is 4.26. The summed E-state index contributed by atoms with van der Waals surface area (Å²) in [6.45, 7) is 2.16. The van der Waals surface area contributed by atoms with Crippen LogP contribution in [0.3, 0.4) is 0 Å². The maximum atomic E-state index is 5.72. The lowest BCUT2D eigenvalue weighted by molar-refractivity contribution is 1.14. The standard InChI is InChI=1S/C12H12ClNS/c1-2-9-3-5-10(6-4-9)12-7-11(8-13)14-15-12/h3-7H,2,8H2,1H3. The number of rotatable bonds is 3. The van der Waals surface area contributed by atoms with Crippen LogP contribution in [0, 0.1) is 0 Å². The number of benzene rings is 1. The van der Waals surface area contributed by atoms with Gasteiger partial charge in [-0.15, -0.1) is 11.6 Å². The second-order valence-electron chi connectivity index (χ2n) is 3.37. The van der Waals surface area contributed by atoms with E-state index in [0.29, 0.717) is 5.88 Å². The van der Waals surface area contributed by atoms with Crippen LogP contribution in [0.15, 0.2) is 30.3 Å². The van der Waals surface area contributed by atoms with Crippen LogP contribution in [0.2, 0.25) is 0 Å². The summed E-state index contributed by atoms with van der Waals surface area (Å²) in [6.07, 6.45) is 1.08. The van der Waals surface area contributed by atoms with Gasteiger partial charge in [0, 0.05) is 0 Å². The molecule has 0 aliphatic rings.